The summed E-state index contributed by atoms with van der Waals surface area (Å²) in [4.78, 5) is 21.6. The Balaban J connectivity index is 2.57. The highest BCUT2D eigenvalue weighted by Crippen LogP contribution is 2.34. The number of fused-ring (bicyclic) bond motifs is 1. The quantitative estimate of drug-likeness (QED) is 0.625. The van der Waals surface area contributed by atoms with Crippen molar-refractivity contribution in [2.24, 2.45) is 0 Å². The number of thiophene rings is 1. The zero-order chi connectivity index (χ0) is 13.4. The topological polar surface area (TPSA) is 52.1 Å². The lowest BCUT2D eigenvalue weighted by Gasteiger charge is -2.06. The molecule has 0 aromatic carbocycles. The first-order valence-electron chi connectivity index (χ1n) is 5.54. The van der Waals surface area contributed by atoms with Crippen LogP contribution in [0.25, 0.3) is 10.2 Å². The number of carbonyl (C=O) groups is 1. The van der Waals surface area contributed by atoms with Crippen molar-refractivity contribution in [2.75, 3.05) is 0 Å². The van der Waals surface area contributed by atoms with Crippen LogP contribution in [0.4, 0.5) is 0 Å². The van der Waals surface area contributed by atoms with Crippen LogP contribution in [-0.4, -0.2) is 22.0 Å². The van der Waals surface area contributed by atoms with E-state index in [1.165, 1.54) is 11.3 Å². The SMILES string of the molecule is Cc1nc(Cl)c2c(C)c(C(=O)OC(C)C)sc2n1. The number of carbonyl (C=O) groups excluding carboxylic acids is 1. The molecule has 0 N–H and O–H groups in total. The van der Waals surface area contributed by atoms with Crippen LogP contribution in [0.15, 0.2) is 0 Å². The fourth-order valence-electron chi connectivity index (χ4n) is 1.65. The van der Waals surface area contributed by atoms with Crippen molar-refractivity contribution >= 4 is 39.1 Å². The van der Waals surface area contributed by atoms with Gasteiger partial charge in [-0.15, -0.1) is 11.3 Å². The largest absolute Gasteiger partial charge is 0.459 e. The summed E-state index contributed by atoms with van der Waals surface area (Å²) in [5.74, 6) is 0.261. The summed E-state index contributed by atoms with van der Waals surface area (Å²) in [7, 11) is 0. The zero-order valence-electron chi connectivity index (χ0n) is 10.6. The van der Waals surface area contributed by atoms with Gasteiger partial charge in [0.2, 0.25) is 0 Å². The summed E-state index contributed by atoms with van der Waals surface area (Å²) in [5.41, 5.74) is 0.783. The zero-order valence-corrected chi connectivity index (χ0v) is 12.1. The van der Waals surface area contributed by atoms with Crippen LogP contribution in [0.2, 0.25) is 5.15 Å². The summed E-state index contributed by atoms with van der Waals surface area (Å²) in [5, 5.41) is 1.12. The predicted octanol–water partition coefficient (Wildman–Crippen LogP) is 3.53. The lowest BCUT2D eigenvalue weighted by Crippen LogP contribution is -2.11. The molecule has 0 aliphatic heterocycles. The first-order valence-corrected chi connectivity index (χ1v) is 6.73. The average Bonchev–Trinajstić information content (AvgIpc) is 2.54. The molecule has 0 fully saturated rings. The molecule has 2 rings (SSSR count). The first kappa shape index (κ1) is 13.2. The van der Waals surface area contributed by atoms with E-state index >= 15 is 0 Å². The van der Waals surface area contributed by atoms with Gasteiger partial charge in [0.1, 0.15) is 20.7 Å². The molecule has 2 heterocycles. The summed E-state index contributed by atoms with van der Waals surface area (Å²) < 4.78 is 5.20. The van der Waals surface area contributed by atoms with Crippen molar-refractivity contribution in [3.63, 3.8) is 0 Å². The van der Waals surface area contributed by atoms with Gasteiger partial charge in [0.15, 0.2) is 0 Å². The van der Waals surface area contributed by atoms with Gasteiger partial charge in [-0.1, -0.05) is 11.6 Å². The maximum atomic E-state index is 11.9. The molecule has 0 atom stereocenters. The van der Waals surface area contributed by atoms with E-state index in [1.807, 2.05) is 20.8 Å². The maximum Gasteiger partial charge on any atom is 0.348 e. The Morgan fingerprint density at radius 2 is 2.00 bits per heavy atom. The Bertz CT molecular complexity index is 622. The molecule has 18 heavy (non-hydrogen) atoms. The number of hydrogen-bond acceptors (Lipinski definition) is 5. The van der Waals surface area contributed by atoms with Crippen LogP contribution in [-0.2, 0) is 4.74 Å². The molecule has 0 aliphatic rings. The first-order chi connectivity index (χ1) is 8.40. The van der Waals surface area contributed by atoms with Crippen molar-refractivity contribution in [1.82, 2.24) is 9.97 Å². The molecule has 0 amide bonds. The monoisotopic (exact) mass is 284 g/mol. The molecule has 4 nitrogen and oxygen atoms in total. The molecule has 96 valence electrons. The molecule has 0 unspecified atom stereocenters. The average molecular weight is 285 g/mol. The highest BCUT2D eigenvalue weighted by atomic mass is 35.5. The van der Waals surface area contributed by atoms with E-state index < -0.39 is 0 Å². The van der Waals surface area contributed by atoms with E-state index in [2.05, 4.69) is 9.97 Å². The molecular formula is C12H13ClN2O2S. The van der Waals surface area contributed by atoms with Gasteiger partial charge in [0, 0.05) is 0 Å². The van der Waals surface area contributed by atoms with E-state index in [4.69, 9.17) is 16.3 Å². The molecule has 0 spiro atoms. The number of nitrogens with zero attached hydrogens (tertiary/aromatic N) is 2. The second-order valence-electron chi connectivity index (χ2n) is 4.25. The highest BCUT2D eigenvalue weighted by Gasteiger charge is 2.20. The number of aromatic nitrogens is 2. The highest BCUT2D eigenvalue weighted by molar-refractivity contribution is 7.20. The third-order valence-electron chi connectivity index (χ3n) is 2.39. The van der Waals surface area contributed by atoms with E-state index in [9.17, 15) is 4.79 Å². The Morgan fingerprint density at radius 3 is 2.61 bits per heavy atom. The van der Waals surface area contributed by atoms with Gasteiger partial charge in [0.25, 0.3) is 0 Å². The van der Waals surface area contributed by atoms with Crippen LogP contribution in [0, 0.1) is 13.8 Å². The van der Waals surface area contributed by atoms with Gasteiger partial charge in [-0.2, -0.15) is 0 Å². The number of esters is 1. The molecule has 0 bridgehead atoms. The van der Waals surface area contributed by atoms with E-state index in [0.717, 1.165) is 15.8 Å². The van der Waals surface area contributed by atoms with Crippen molar-refractivity contribution in [3.8, 4) is 0 Å². The van der Waals surface area contributed by atoms with Gasteiger partial charge in [-0.05, 0) is 33.3 Å². The number of hydrogen-bond donors (Lipinski definition) is 0. The molecule has 6 heteroatoms. The molecule has 0 aliphatic carbocycles. The number of rotatable bonds is 2. The van der Waals surface area contributed by atoms with Crippen LogP contribution >= 0.6 is 22.9 Å². The number of halogens is 1. The fourth-order valence-corrected chi connectivity index (χ4v) is 3.17. The third kappa shape index (κ3) is 2.33. The van der Waals surface area contributed by atoms with Crippen LogP contribution in [0.3, 0.4) is 0 Å². The molecule has 0 radical (unpaired) electrons. The second-order valence-corrected chi connectivity index (χ2v) is 5.61. The molecule has 0 saturated heterocycles. The third-order valence-corrected chi connectivity index (χ3v) is 3.83. The van der Waals surface area contributed by atoms with Gasteiger partial charge in [-0.3, -0.25) is 0 Å². The Hall–Kier alpha value is -1.20. The number of ether oxygens (including phenoxy) is 1. The lowest BCUT2D eigenvalue weighted by atomic mass is 10.2. The minimum Gasteiger partial charge on any atom is -0.459 e. The van der Waals surface area contributed by atoms with Crippen molar-refractivity contribution in [2.45, 2.75) is 33.8 Å². The minimum atomic E-state index is -0.334. The fraction of sp³-hybridized carbons (Fsp3) is 0.417. The smallest absolute Gasteiger partial charge is 0.348 e. The van der Waals surface area contributed by atoms with Crippen LogP contribution in [0.5, 0.6) is 0 Å². The Kier molecular flexibility index (Phi) is 3.54. The second kappa shape index (κ2) is 4.82. The van der Waals surface area contributed by atoms with Crippen molar-refractivity contribution in [1.29, 1.82) is 0 Å². The lowest BCUT2D eigenvalue weighted by molar-refractivity contribution is 0.0383. The summed E-state index contributed by atoms with van der Waals surface area (Å²) in [6.07, 6.45) is -0.148. The van der Waals surface area contributed by atoms with Gasteiger partial charge >= 0.3 is 5.97 Å². The van der Waals surface area contributed by atoms with E-state index in [-0.39, 0.29) is 12.1 Å². The molecule has 2 aromatic rings. The maximum absolute atomic E-state index is 11.9. The normalized spacial score (nSPS) is 11.2. The van der Waals surface area contributed by atoms with Crippen molar-refractivity contribution in [3.05, 3.63) is 21.4 Å². The van der Waals surface area contributed by atoms with Gasteiger partial charge in [0.05, 0.1) is 11.5 Å². The van der Waals surface area contributed by atoms with Gasteiger partial charge in [-0.25, -0.2) is 14.8 Å². The summed E-state index contributed by atoms with van der Waals surface area (Å²) in [6, 6.07) is 0. The Labute approximate surface area is 114 Å². The standard InChI is InChI=1S/C12H13ClN2O2S/c1-5(2)17-12(16)9-6(3)8-10(13)14-7(4)15-11(8)18-9/h5H,1-4H3. The predicted molar refractivity (Wildman–Crippen MR) is 72.5 cm³/mol. The molecule has 0 saturated carbocycles. The molecule has 2 aromatic heterocycles. The van der Waals surface area contributed by atoms with Gasteiger partial charge < -0.3 is 4.74 Å². The summed E-state index contributed by atoms with van der Waals surface area (Å²) in [6.45, 7) is 7.24. The summed E-state index contributed by atoms with van der Waals surface area (Å²) >= 11 is 7.39. The van der Waals surface area contributed by atoms with E-state index in [1.54, 1.807) is 6.92 Å². The van der Waals surface area contributed by atoms with E-state index in [0.29, 0.717) is 15.9 Å². The van der Waals surface area contributed by atoms with Crippen molar-refractivity contribution < 1.29 is 9.53 Å². The minimum absolute atomic E-state index is 0.148. The van der Waals surface area contributed by atoms with Crippen LogP contribution < -0.4 is 0 Å². The molecular weight excluding hydrogens is 272 g/mol. The Morgan fingerprint density at radius 1 is 1.33 bits per heavy atom. The van der Waals surface area contributed by atoms with Crippen LogP contribution in [0.1, 0.15) is 34.9 Å². The number of aryl methyl sites for hydroxylation is 2.